The molecule has 1 aliphatic heterocycles. The first-order chi connectivity index (χ1) is 10.5. The van der Waals surface area contributed by atoms with Crippen LogP contribution in [0.15, 0.2) is 22.7 Å². The van der Waals surface area contributed by atoms with Crippen molar-refractivity contribution in [1.82, 2.24) is 4.90 Å². The third-order valence-corrected chi connectivity index (χ3v) is 4.56. The van der Waals surface area contributed by atoms with Crippen molar-refractivity contribution in [3.05, 3.63) is 28.2 Å². The van der Waals surface area contributed by atoms with Gasteiger partial charge in [0.2, 0.25) is 11.8 Å². The summed E-state index contributed by atoms with van der Waals surface area (Å²) in [5.41, 5.74) is 1.82. The Hall–Kier alpha value is -1.36. The molecule has 0 bridgehead atoms. The minimum atomic E-state index is -0.239. The lowest BCUT2D eigenvalue weighted by molar-refractivity contribution is -0.128. The van der Waals surface area contributed by atoms with E-state index in [4.69, 9.17) is 0 Å². The molecule has 1 fully saturated rings. The van der Waals surface area contributed by atoms with Crippen LogP contribution in [0.1, 0.15) is 38.2 Å². The number of carbonyl (C=O) groups is 2. The number of amides is 2. The Balaban J connectivity index is 1.92. The van der Waals surface area contributed by atoms with Crippen molar-refractivity contribution in [2.45, 2.75) is 39.5 Å². The van der Waals surface area contributed by atoms with Crippen LogP contribution >= 0.6 is 15.9 Å². The van der Waals surface area contributed by atoms with Crippen LogP contribution in [0, 0.1) is 12.8 Å². The molecule has 0 saturated carbocycles. The maximum absolute atomic E-state index is 12.4. The number of halogens is 1. The first-order valence-corrected chi connectivity index (χ1v) is 8.65. The van der Waals surface area contributed by atoms with Gasteiger partial charge in [0.25, 0.3) is 0 Å². The minimum absolute atomic E-state index is 0.0586. The smallest absolute Gasteiger partial charge is 0.229 e. The Kier molecular flexibility index (Phi) is 6.00. The number of aryl methyl sites for hydroxylation is 1. The fraction of sp³-hybridized carbons (Fsp3) is 0.529. The molecule has 1 aromatic rings. The van der Waals surface area contributed by atoms with Crippen molar-refractivity contribution >= 4 is 33.4 Å². The Labute approximate surface area is 140 Å². The van der Waals surface area contributed by atoms with Gasteiger partial charge in [-0.2, -0.15) is 0 Å². The number of benzene rings is 1. The van der Waals surface area contributed by atoms with Crippen LogP contribution in [0.2, 0.25) is 0 Å². The van der Waals surface area contributed by atoms with Crippen LogP contribution in [0.4, 0.5) is 5.69 Å². The van der Waals surface area contributed by atoms with Gasteiger partial charge in [-0.15, -0.1) is 0 Å². The van der Waals surface area contributed by atoms with Crippen LogP contribution in [0.5, 0.6) is 0 Å². The number of likely N-dealkylation sites (tertiary alicyclic amines) is 1. The fourth-order valence-corrected chi connectivity index (χ4v) is 3.19. The average molecular weight is 367 g/mol. The van der Waals surface area contributed by atoms with E-state index in [1.54, 1.807) is 0 Å². The highest BCUT2D eigenvalue weighted by molar-refractivity contribution is 9.10. The fourth-order valence-electron chi connectivity index (χ4n) is 2.72. The van der Waals surface area contributed by atoms with Crippen LogP contribution in [-0.4, -0.2) is 29.8 Å². The van der Waals surface area contributed by atoms with E-state index in [1.807, 2.05) is 30.0 Å². The maximum atomic E-state index is 12.4. The average Bonchev–Trinajstić information content (AvgIpc) is 2.84. The third-order valence-electron chi connectivity index (χ3n) is 4.06. The molecular weight excluding hydrogens is 344 g/mol. The summed E-state index contributed by atoms with van der Waals surface area (Å²) in [4.78, 5) is 26.2. The molecule has 2 rings (SSSR count). The summed E-state index contributed by atoms with van der Waals surface area (Å²) in [6.45, 7) is 5.41. The highest BCUT2D eigenvalue weighted by Gasteiger charge is 2.33. The molecule has 1 aromatic carbocycles. The highest BCUT2D eigenvalue weighted by atomic mass is 79.9. The molecule has 0 aliphatic carbocycles. The number of hydrogen-bond donors (Lipinski definition) is 1. The summed E-state index contributed by atoms with van der Waals surface area (Å²) in [7, 11) is 0. The second kappa shape index (κ2) is 7.77. The molecule has 5 heteroatoms. The van der Waals surface area contributed by atoms with Gasteiger partial charge in [-0.3, -0.25) is 9.59 Å². The molecule has 1 unspecified atom stereocenters. The van der Waals surface area contributed by atoms with Gasteiger partial charge >= 0.3 is 0 Å². The summed E-state index contributed by atoms with van der Waals surface area (Å²) >= 11 is 3.41. The molecule has 1 saturated heterocycles. The lowest BCUT2D eigenvalue weighted by Gasteiger charge is -2.16. The number of anilines is 1. The van der Waals surface area contributed by atoms with Gasteiger partial charge in [0.05, 0.1) is 5.92 Å². The van der Waals surface area contributed by atoms with Crippen LogP contribution in [0.25, 0.3) is 0 Å². The van der Waals surface area contributed by atoms with E-state index in [0.717, 1.165) is 41.5 Å². The van der Waals surface area contributed by atoms with Crippen molar-refractivity contribution < 1.29 is 9.59 Å². The Morgan fingerprint density at radius 1 is 1.41 bits per heavy atom. The number of rotatable bonds is 6. The van der Waals surface area contributed by atoms with E-state index in [2.05, 4.69) is 28.2 Å². The van der Waals surface area contributed by atoms with Crippen LogP contribution in [0.3, 0.4) is 0 Å². The van der Waals surface area contributed by atoms with E-state index in [9.17, 15) is 9.59 Å². The summed E-state index contributed by atoms with van der Waals surface area (Å²) < 4.78 is 0.987. The summed E-state index contributed by atoms with van der Waals surface area (Å²) in [5, 5.41) is 2.95. The second-order valence-electron chi connectivity index (χ2n) is 5.90. The molecule has 1 atom stereocenters. The summed E-state index contributed by atoms with van der Waals surface area (Å²) in [6, 6.07) is 5.75. The van der Waals surface area contributed by atoms with Crippen molar-refractivity contribution in [2.24, 2.45) is 5.92 Å². The largest absolute Gasteiger partial charge is 0.342 e. The Bertz CT molecular complexity index is 560. The zero-order valence-electron chi connectivity index (χ0n) is 13.2. The summed E-state index contributed by atoms with van der Waals surface area (Å²) in [5.74, 6) is -0.197. The number of nitrogens with zero attached hydrogens (tertiary/aromatic N) is 1. The van der Waals surface area contributed by atoms with Gasteiger partial charge < -0.3 is 10.2 Å². The lowest BCUT2D eigenvalue weighted by atomic mass is 10.1. The molecular formula is C17H23BrN2O2. The SMILES string of the molecule is CCCCCN1CC(C(=O)Nc2ccc(Br)cc2C)CC1=O. The molecule has 0 aromatic heterocycles. The quantitative estimate of drug-likeness (QED) is 0.779. The Morgan fingerprint density at radius 2 is 2.18 bits per heavy atom. The van der Waals surface area contributed by atoms with Gasteiger partial charge in [-0.05, 0) is 37.1 Å². The minimum Gasteiger partial charge on any atom is -0.342 e. The zero-order valence-corrected chi connectivity index (χ0v) is 14.8. The monoisotopic (exact) mass is 366 g/mol. The number of unbranched alkanes of at least 4 members (excludes halogenated alkanes) is 2. The third kappa shape index (κ3) is 4.32. The number of hydrogen-bond acceptors (Lipinski definition) is 2. The molecule has 1 N–H and O–H groups in total. The van der Waals surface area contributed by atoms with E-state index < -0.39 is 0 Å². The number of nitrogens with one attached hydrogen (secondary N) is 1. The Morgan fingerprint density at radius 3 is 2.86 bits per heavy atom. The van der Waals surface area contributed by atoms with E-state index >= 15 is 0 Å². The van der Waals surface area contributed by atoms with Crippen LogP contribution in [-0.2, 0) is 9.59 Å². The zero-order chi connectivity index (χ0) is 16.1. The van der Waals surface area contributed by atoms with E-state index in [-0.39, 0.29) is 17.7 Å². The topological polar surface area (TPSA) is 49.4 Å². The van der Waals surface area contributed by atoms with Gasteiger partial charge in [0.15, 0.2) is 0 Å². The maximum Gasteiger partial charge on any atom is 0.229 e. The second-order valence-corrected chi connectivity index (χ2v) is 6.81. The molecule has 0 radical (unpaired) electrons. The molecule has 2 amide bonds. The normalized spacial score (nSPS) is 17.9. The van der Waals surface area contributed by atoms with Crippen molar-refractivity contribution in [3.63, 3.8) is 0 Å². The van der Waals surface area contributed by atoms with Crippen molar-refractivity contribution in [2.75, 3.05) is 18.4 Å². The molecule has 1 heterocycles. The predicted molar refractivity (Wildman–Crippen MR) is 91.7 cm³/mol. The predicted octanol–water partition coefficient (Wildman–Crippen LogP) is 3.73. The van der Waals surface area contributed by atoms with Crippen molar-refractivity contribution in [1.29, 1.82) is 0 Å². The first-order valence-electron chi connectivity index (χ1n) is 7.86. The number of carbonyl (C=O) groups excluding carboxylic acids is 2. The standard InChI is InChI=1S/C17H23BrN2O2/c1-3-4-5-8-20-11-13(10-16(20)21)17(22)19-15-7-6-14(18)9-12(15)2/h6-7,9,13H,3-5,8,10-11H2,1-2H3,(H,19,22). The van der Waals surface area contributed by atoms with Gasteiger partial charge in [-0.25, -0.2) is 0 Å². The molecule has 22 heavy (non-hydrogen) atoms. The van der Waals surface area contributed by atoms with E-state index in [1.165, 1.54) is 0 Å². The molecule has 0 spiro atoms. The lowest BCUT2D eigenvalue weighted by Crippen LogP contribution is -2.29. The molecule has 4 nitrogen and oxygen atoms in total. The van der Waals surface area contributed by atoms with E-state index in [0.29, 0.717) is 13.0 Å². The van der Waals surface area contributed by atoms with Gasteiger partial charge in [0.1, 0.15) is 0 Å². The first kappa shape index (κ1) is 17.0. The van der Waals surface area contributed by atoms with Gasteiger partial charge in [0, 0.05) is 29.7 Å². The summed E-state index contributed by atoms with van der Waals surface area (Å²) in [6.07, 6.45) is 3.60. The van der Waals surface area contributed by atoms with Crippen LogP contribution < -0.4 is 5.32 Å². The van der Waals surface area contributed by atoms with Crippen molar-refractivity contribution in [3.8, 4) is 0 Å². The molecule has 1 aliphatic rings. The molecule has 120 valence electrons. The van der Waals surface area contributed by atoms with Gasteiger partial charge in [-0.1, -0.05) is 35.7 Å². The highest BCUT2D eigenvalue weighted by Crippen LogP contribution is 2.23.